The second-order valence-corrected chi connectivity index (χ2v) is 2.96. The minimum absolute atomic E-state index is 0.208. The van der Waals surface area contributed by atoms with E-state index in [9.17, 15) is 4.79 Å². The van der Waals surface area contributed by atoms with E-state index in [4.69, 9.17) is 0 Å². The van der Waals surface area contributed by atoms with Gasteiger partial charge in [0.2, 0.25) is 5.91 Å². The quantitative estimate of drug-likeness (QED) is 0.615. The largest absolute Gasteiger partial charge is 0.352 e. The van der Waals surface area contributed by atoms with Crippen LogP contribution in [0.3, 0.4) is 0 Å². The average molecular weight is 156 g/mol. The molecule has 1 amide bonds. The maximum Gasteiger partial charge on any atom is 0.220 e. The summed E-state index contributed by atoms with van der Waals surface area (Å²) in [5, 5.41) is 6.17. The van der Waals surface area contributed by atoms with Gasteiger partial charge in [0.05, 0.1) is 0 Å². The molecule has 1 rings (SSSR count). The molecule has 11 heavy (non-hydrogen) atoms. The molecule has 64 valence electrons. The topological polar surface area (TPSA) is 41.1 Å². The zero-order valence-corrected chi connectivity index (χ0v) is 7.02. The number of likely N-dealkylation sites (N-methyl/N-ethyl adjacent to an activating group) is 1. The van der Waals surface area contributed by atoms with Crippen molar-refractivity contribution < 1.29 is 4.79 Å². The van der Waals surface area contributed by atoms with E-state index in [0.29, 0.717) is 12.5 Å². The second kappa shape index (κ2) is 4.34. The molecule has 0 bridgehead atoms. The van der Waals surface area contributed by atoms with Crippen LogP contribution in [0.1, 0.15) is 26.2 Å². The van der Waals surface area contributed by atoms with Gasteiger partial charge in [0.1, 0.15) is 0 Å². The summed E-state index contributed by atoms with van der Waals surface area (Å²) in [4.78, 5) is 10.9. The number of hydrogen-bond acceptors (Lipinski definition) is 2. The molecule has 1 atom stereocenters. The van der Waals surface area contributed by atoms with Crippen LogP contribution in [-0.4, -0.2) is 25.0 Å². The fraction of sp³-hybridized carbons (Fsp3) is 0.875. The van der Waals surface area contributed by atoms with Crippen molar-refractivity contribution in [3.8, 4) is 0 Å². The minimum Gasteiger partial charge on any atom is -0.352 e. The van der Waals surface area contributed by atoms with Crippen LogP contribution in [0.25, 0.3) is 0 Å². The van der Waals surface area contributed by atoms with E-state index in [1.165, 1.54) is 0 Å². The molecule has 0 aromatic rings. The van der Waals surface area contributed by atoms with Gasteiger partial charge in [-0.05, 0) is 19.4 Å². The summed E-state index contributed by atoms with van der Waals surface area (Å²) in [5.74, 6) is 0.208. The molecule has 0 aliphatic carbocycles. The Morgan fingerprint density at radius 3 is 3.18 bits per heavy atom. The molecule has 1 aliphatic rings. The minimum atomic E-state index is 0.208. The lowest BCUT2D eigenvalue weighted by Crippen LogP contribution is -2.44. The molecule has 1 aliphatic heterocycles. The van der Waals surface area contributed by atoms with Crippen LogP contribution in [0.5, 0.6) is 0 Å². The molecule has 0 saturated carbocycles. The van der Waals surface area contributed by atoms with Crippen LogP contribution in [0, 0.1) is 0 Å². The van der Waals surface area contributed by atoms with Crippen LogP contribution < -0.4 is 10.6 Å². The smallest absolute Gasteiger partial charge is 0.220 e. The third kappa shape index (κ3) is 2.89. The van der Waals surface area contributed by atoms with Gasteiger partial charge in [-0.15, -0.1) is 0 Å². The first-order chi connectivity index (χ1) is 5.33. The predicted molar refractivity (Wildman–Crippen MR) is 44.3 cm³/mol. The van der Waals surface area contributed by atoms with Crippen molar-refractivity contribution in [2.75, 3.05) is 13.1 Å². The van der Waals surface area contributed by atoms with Crippen molar-refractivity contribution >= 4 is 5.91 Å². The molecule has 1 fully saturated rings. The van der Waals surface area contributed by atoms with Gasteiger partial charge < -0.3 is 10.6 Å². The molecule has 3 heteroatoms. The van der Waals surface area contributed by atoms with E-state index in [1.54, 1.807) is 0 Å². The Hall–Kier alpha value is -0.570. The number of piperidine rings is 1. The van der Waals surface area contributed by atoms with E-state index in [2.05, 4.69) is 17.6 Å². The fourth-order valence-electron chi connectivity index (χ4n) is 1.35. The van der Waals surface area contributed by atoms with E-state index in [1.807, 2.05) is 0 Å². The number of hydrogen-bond donors (Lipinski definition) is 2. The summed E-state index contributed by atoms with van der Waals surface area (Å²) in [5.41, 5.74) is 0. The third-order valence-electron chi connectivity index (χ3n) is 1.96. The average Bonchev–Trinajstić information content (AvgIpc) is 2.01. The maximum atomic E-state index is 10.9. The van der Waals surface area contributed by atoms with E-state index < -0.39 is 0 Å². The molecule has 1 heterocycles. The van der Waals surface area contributed by atoms with Gasteiger partial charge in [-0.25, -0.2) is 0 Å². The molecule has 0 aromatic heterocycles. The van der Waals surface area contributed by atoms with Crippen LogP contribution in [-0.2, 0) is 4.79 Å². The Morgan fingerprint density at radius 1 is 1.73 bits per heavy atom. The van der Waals surface area contributed by atoms with E-state index in [0.717, 1.165) is 25.9 Å². The Kier molecular flexibility index (Phi) is 3.36. The van der Waals surface area contributed by atoms with Gasteiger partial charge in [0.25, 0.3) is 0 Å². The Labute approximate surface area is 67.5 Å². The highest BCUT2D eigenvalue weighted by Crippen LogP contribution is 2.06. The molecule has 0 spiro atoms. The lowest BCUT2D eigenvalue weighted by Gasteiger charge is -2.23. The molecule has 1 unspecified atom stereocenters. The Morgan fingerprint density at radius 2 is 2.55 bits per heavy atom. The normalized spacial score (nSPS) is 24.8. The van der Waals surface area contributed by atoms with Gasteiger partial charge in [-0.3, -0.25) is 4.79 Å². The summed E-state index contributed by atoms with van der Waals surface area (Å²) in [6, 6.07) is 0.371. The number of nitrogens with one attached hydrogen (secondary N) is 2. The maximum absolute atomic E-state index is 10.9. The molecule has 2 N–H and O–H groups in total. The fourth-order valence-corrected chi connectivity index (χ4v) is 1.35. The van der Waals surface area contributed by atoms with Crippen molar-refractivity contribution in [1.82, 2.24) is 10.6 Å². The summed E-state index contributed by atoms with van der Waals surface area (Å²) in [6.07, 6.45) is 2.88. The van der Waals surface area contributed by atoms with Gasteiger partial charge in [0, 0.05) is 19.0 Å². The highest BCUT2D eigenvalue weighted by Gasteiger charge is 2.16. The van der Waals surface area contributed by atoms with Gasteiger partial charge in [-0.1, -0.05) is 6.92 Å². The predicted octanol–water partition coefficient (Wildman–Crippen LogP) is 0.265. The van der Waals surface area contributed by atoms with Gasteiger partial charge in [0.15, 0.2) is 0 Å². The standard InChI is InChI=1S/C8H16N2O/c1-2-9-6-7-4-3-5-8(11)10-7/h7,9H,2-6H2,1H3,(H,10,11). The Balaban J connectivity index is 2.17. The monoisotopic (exact) mass is 156 g/mol. The molecule has 3 nitrogen and oxygen atoms in total. The summed E-state index contributed by atoms with van der Waals surface area (Å²) in [6.45, 7) is 3.97. The second-order valence-electron chi connectivity index (χ2n) is 2.96. The SMILES string of the molecule is CCNCC1CCCC(=O)N1. The summed E-state index contributed by atoms with van der Waals surface area (Å²) in [7, 11) is 0. The van der Waals surface area contributed by atoms with Crippen LogP contribution in [0.4, 0.5) is 0 Å². The summed E-state index contributed by atoms with van der Waals surface area (Å²) < 4.78 is 0. The molecule has 1 saturated heterocycles. The lowest BCUT2D eigenvalue weighted by atomic mass is 10.0. The van der Waals surface area contributed by atoms with Crippen LogP contribution in [0.15, 0.2) is 0 Å². The molecule has 0 aromatic carbocycles. The van der Waals surface area contributed by atoms with Crippen molar-refractivity contribution in [3.05, 3.63) is 0 Å². The van der Waals surface area contributed by atoms with Crippen LogP contribution in [0.2, 0.25) is 0 Å². The van der Waals surface area contributed by atoms with Gasteiger partial charge in [-0.2, -0.15) is 0 Å². The third-order valence-corrected chi connectivity index (χ3v) is 1.96. The Bertz CT molecular complexity index is 136. The molecule has 0 radical (unpaired) electrons. The summed E-state index contributed by atoms with van der Waals surface area (Å²) >= 11 is 0. The van der Waals surface area contributed by atoms with Gasteiger partial charge >= 0.3 is 0 Å². The number of amides is 1. The first-order valence-corrected chi connectivity index (χ1v) is 4.33. The molecular weight excluding hydrogens is 140 g/mol. The number of carbonyl (C=O) groups excluding carboxylic acids is 1. The van der Waals surface area contributed by atoms with Crippen LogP contribution >= 0.6 is 0 Å². The van der Waals surface area contributed by atoms with E-state index in [-0.39, 0.29) is 5.91 Å². The highest BCUT2D eigenvalue weighted by molar-refractivity contribution is 5.76. The van der Waals surface area contributed by atoms with Crippen molar-refractivity contribution in [1.29, 1.82) is 0 Å². The van der Waals surface area contributed by atoms with Crippen molar-refractivity contribution in [2.45, 2.75) is 32.2 Å². The van der Waals surface area contributed by atoms with Crippen molar-refractivity contribution in [2.24, 2.45) is 0 Å². The highest BCUT2D eigenvalue weighted by atomic mass is 16.1. The van der Waals surface area contributed by atoms with Crippen molar-refractivity contribution in [3.63, 3.8) is 0 Å². The first-order valence-electron chi connectivity index (χ1n) is 4.33. The lowest BCUT2D eigenvalue weighted by molar-refractivity contribution is -0.123. The van der Waals surface area contributed by atoms with E-state index >= 15 is 0 Å². The first kappa shape index (κ1) is 8.53. The number of rotatable bonds is 3. The zero-order chi connectivity index (χ0) is 8.10. The molecular formula is C8H16N2O. The number of carbonyl (C=O) groups is 1. The zero-order valence-electron chi connectivity index (χ0n) is 7.02.